The number of ether oxygens (including phenoxy) is 2. The van der Waals surface area contributed by atoms with Crippen molar-refractivity contribution >= 4 is 10.9 Å². The molecule has 2 aliphatic heterocycles. The molecule has 5 nitrogen and oxygen atoms in total. The van der Waals surface area contributed by atoms with Crippen LogP contribution in [0.2, 0.25) is 0 Å². The molecule has 2 aliphatic rings. The molecule has 1 unspecified atom stereocenters. The molecule has 21 heavy (non-hydrogen) atoms. The third-order valence-electron chi connectivity index (χ3n) is 4.01. The van der Waals surface area contributed by atoms with Gasteiger partial charge in [0.1, 0.15) is 6.61 Å². The zero-order valence-corrected chi connectivity index (χ0v) is 12.1. The first-order valence-electron chi connectivity index (χ1n) is 7.41. The summed E-state index contributed by atoms with van der Waals surface area (Å²) < 4.78 is 13.0. The minimum absolute atomic E-state index is 0.425. The number of nitrogens with zero attached hydrogens (tertiary/aromatic N) is 2. The van der Waals surface area contributed by atoms with Crippen molar-refractivity contribution in [2.45, 2.75) is 26.1 Å². The van der Waals surface area contributed by atoms with Crippen LogP contribution in [0.5, 0.6) is 0 Å². The van der Waals surface area contributed by atoms with Gasteiger partial charge in [-0.25, -0.2) is 0 Å². The van der Waals surface area contributed by atoms with E-state index < -0.39 is 0 Å². The van der Waals surface area contributed by atoms with Gasteiger partial charge in [0.2, 0.25) is 0 Å². The zero-order chi connectivity index (χ0) is 14.2. The first kappa shape index (κ1) is 12.7. The Morgan fingerprint density at radius 3 is 3.00 bits per heavy atom. The topological polar surface area (TPSA) is 48.3 Å². The molecule has 1 N–H and O–H groups in total. The fraction of sp³-hybridized carbons (Fsp3) is 0.438. The zero-order valence-electron chi connectivity index (χ0n) is 12.1. The number of fused-ring (bicyclic) bond motifs is 1. The Labute approximate surface area is 123 Å². The highest BCUT2D eigenvalue weighted by molar-refractivity contribution is 5.79. The van der Waals surface area contributed by atoms with Gasteiger partial charge in [0.15, 0.2) is 5.88 Å². The molecule has 0 spiro atoms. The van der Waals surface area contributed by atoms with Crippen LogP contribution in [0.4, 0.5) is 0 Å². The van der Waals surface area contributed by atoms with E-state index in [9.17, 15) is 0 Å². The van der Waals surface area contributed by atoms with Crippen molar-refractivity contribution in [3.8, 4) is 0 Å². The highest BCUT2D eigenvalue weighted by Gasteiger charge is 2.20. The molecule has 5 heteroatoms. The van der Waals surface area contributed by atoms with Crippen molar-refractivity contribution in [2.24, 2.45) is 5.92 Å². The van der Waals surface area contributed by atoms with Crippen molar-refractivity contribution in [2.75, 3.05) is 13.2 Å². The van der Waals surface area contributed by atoms with Crippen LogP contribution >= 0.6 is 0 Å². The van der Waals surface area contributed by atoms with Gasteiger partial charge in [0.25, 0.3) is 0 Å². The van der Waals surface area contributed by atoms with Crippen LogP contribution in [0, 0.1) is 5.92 Å². The van der Waals surface area contributed by atoms with E-state index in [0.29, 0.717) is 18.6 Å². The second-order valence-corrected chi connectivity index (χ2v) is 5.88. The van der Waals surface area contributed by atoms with Gasteiger partial charge in [0, 0.05) is 23.9 Å². The summed E-state index contributed by atoms with van der Waals surface area (Å²) in [4.78, 5) is 0. The van der Waals surface area contributed by atoms with Gasteiger partial charge in [-0.1, -0.05) is 12.1 Å². The summed E-state index contributed by atoms with van der Waals surface area (Å²) in [6.07, 6.45) is 4.01. The molecule has 1 atom stereocenters. The fourth-order valence-corrected chi connectivity index (χ4v) is 2.68. The number of benzene rings is 1. The lowest BCUT2D eigenvalue weighted by Crippen LogP contribution is -2.34. The number of rotatable bonds is 5. The lowest BCUT2D eigenvalue weighted by atomic mass is 10.1. The van der Waals surface area contributed by atoms with Gasteiger partial charge in [0.05, 0.1) is 24.9 Å². The van der Waals surface area contributed by atoms with E-state index in [1.807, 2.05) is 6.20 Å². The van der Waals surface area contributed by atoms with Gasteiger partial charge in [-0.05, 0) is 24.6 Å². The Balaban J connectivity index is 1.50. The molecule has 2 aromatic rings. The van der Waals surface area contributed by atoms with E-state index >= 15 is 0 Å². The Bertz CT molecular complexity index is 688. The van der Waals surface area contributed by atoms with Gasteiger partial charge >= 0.3 is 0 Å². The van der Waals surface area contributed by atoms with Gasteiger partial charge in [-0.15, -0.1) is 0 Å². The number of hydrogen-bond acceptors (Lipinski definition) is 4. The Morgan fingerprint density at radius 2 is 2.29 bits per heavy atom. The molecular weight excluding hydrogens is 266 g/mol. The summed E-state index contributed by atoms with van der Waals surface area (Å²) in [5, 5.41) is 8.87. The van der Waals surface area contributed by atoms with Crippen molar-refractivity contribution in [3.63, 3.8) is 0 Å². The maximum absolute atomic E-state index is 5.71. The van der Waals surface area contributed by atoms with E-state index in [1.165, 1.54) is 10.9 Å². The van der Waals surface area contributed by atoms with E-state index in [1.54, 1.807) is 0 Å². The normalized spacial score (nSPS) is 21.4. The first-order chi connectivity index (χ1) is 10.3. The van der Waals surface area contributed by atoms with Crippen LogP contribution in [0.3, 0.4) is 0 Å². The van der Waals surface area contributed by atoms with Crippen LogP contribution in [0.1, 0.15) is 12.5 Å². The molecule has 0 radical (unpaired) electrons. The van der Waals surface area contributed by atoms with Gasteiger partial charge < -0.3 is 14.8 Å². The monoisotopic (exact) mass is 285 g/mol. The lowest BCUT2D eigenvalue weighted by Gasteiger charge is -2.26. The third-order valence-corrected chi connectivity index (χ3v) is 4.01. The SMILES string of the molecule is CC1C=C(OCc2ccc3cnn(CC4COC4)c3c2)N1. The molecule has 110 valence electrons. The summed E-state index contributed by atoms with van der Waals surface area (Å²) in [6, 6.07) is 6.81. The van der Waals surface area contributed by atoms with E-state index in [-0.39, 0.29) is 0 Å². The lowest BCUT2D eigenvalue weighted by molar-refractivity contribution is -0.0403. The standard InChI is InChI=1S/C16H19N3O2/c1-11-4-16(18-11)21-10-12-2-3-14-6-17-19(15(14)5-12)7-13-8-20-9-13/h2-6,11,13,18H,7-10H2,1H3. The smallest absolute Gasteiger partial charge is 0.185 e. The average molecular weight is 285 g/mol. The minimum atomic E-state index is 0.425. The highest BCUT2D eigenvalue weighted by Crippen LogP contribution is 2.21. The maximum atomic E-state index is 5.71. The third kappa shape index (κ3) is 2.49. The van der Waals surface area contributed by atoms with Crippen LogP contribution in [0.15, 0.2) is 36.4 Å². The highest BCUT2D eigenvalue weighted by atomic mass is 16.5. The van der Waals surface area contributed by atoms with Crippen LogP contribution < -0.4 is 5.32 Å². The summed E-state index contributed by atoms with van der Waals surface area (Å²) >= 11 is 0. The maximum Gasteiger partial charge on any atom is 0.185 e. The largest absolute Gasteiger partial charge is 0.475 e. The van der Waals surface area contributed by atoms with Crippen molar-refractivity contribution < 1.29 is 9.47 Å². The molecule has 4 rings (SSSR count). The van der Waals surface area contributed by atoms with Crippen LogP contribution in [0.25, 0.3) is 10.9 Å². The molecule has 1 aromatic heterocycles. The van der Waals surface area contributed by atoms with E-state index in [2.05, 4.69) is 46.3 Å². The Kier molecular flexibility index (Phi) is 3.07. The number of nitrogens with one attached hydrogen (secondary N) is 1. The molecule has 0 bridgehead atoms. The predicted molar refractivity (Wildman–Crippen MR) is 79.5 cm³/mol. The Hall–Kier alpha value is -2.01. The Morgan fingerprint density at radius 1 is 1.43 bits per heavy atom. The average Bonchev–Trinajstić information content (AvgIpc) is 2.80. The summed E-state index contributed by atoms with van der Waals surface area (Å²) in [7, 11) is 0. The second-order valence-electron chi connectivity index (χ2n) is 5.88. The molecule has 3 heterocycles. The molecule has 1 fully saturated rings. The van der Waals surface area contributed by atoms with E-state index in [4.69, 9.17) is 9.47 Å². The molecule has 0 aliphatic carbocycles. The quantitative estimate of drug-likeness (QED) is 0.913. The number of hydrogen-bond donors (Lipinski definition) is 1. The van der Waals surface area contributed by atoms with Crippen LogP contribution in [-0.4, -0.2) is 29.0 Å². The van der Waals surface area contributed by atoms with E-state index in [0.717, 1.165) is 31.2 Å². The minimum Gasteiger partial charge on any atom is -0.475 e. The van der Waals surface area contributed by atoms with Crippen molar-refractivity contribution in [1.82, 2.24) is 15.1 Å². The molecule has 0 saturated carbocycles. The van der Waals surface area contributed by atoms with Crippen molar-refractivity contribution in [3.05, 3.63) is 41.9 Å². The van der Waals surface area contributed by atoms with Crippen molar-refractivity contribution in [1.29, 1.82) is 0 Å². The van der Waals surface area contributed by atoms with Gasteiger partial charge in [-0.2, -0.15) is 5.10 Å². The van der Waals surface area contributed by atoms with Crippen LogP contribution in [-0.2, 0) is 22.6 Å². The number of aromatic nitrogens is 2. The fourth-order valence-electron chi connectivity index (χ4n) is 2.68. The predicted octanol–water partition coefficient (Wildman–Crippen LogP) is 2.03. The van der Waals surface area contributed by atoms with Gasteiger partial charge in [-0.3, -0.25) is 4.68 Å². The first-order valence-corrected chi connectivity index (χ1v) is 7.41. The molecule has 0 amide bonds. The molecule has 1 saturated heterocycles. The molecular formula is C16H19N3O2. The summed E-state index contributed by atoms with van der Waals surface area (Å²) in [6.45, 7) is 5.31. The summed E-state index contributed by atoms with van der Waals surface area (Å²) in [5.74, 6) is 1.47. The summed E-state index contributed by atoms with van der Waals surface area (Å²) in [5.41, 5.74) is 2.34. The second kappa shape index (κ2) is 5.07. The molecule has 1 aromatic carbocycles.